The lowest BCUT2D eigenvalue weighted by Gasteiger charge is -2.22. The predicted octanol–water partition coefficient (Wildman–Crippen LogP) is 3.75. The van der Waals surface area contributed by atoms with Crippen LogP contribution in [-0.2, 0) is 10.3 Å². The fourth-order valence-corrected chi connectivity index (χ4v) is 3.08. The van der Waals surface area contributed by atoms with Gasteiger partial charge in [-0.1, -0.05) is 51.8 Å². The second kappa shape index (κ2) is 6.61. The molecule has 5 nitrogen and oxygen atoms in total. The van der Waals surface area contributed by atoms with Crippen molar-refractivity contribution in [1.82, 2.24) is 10.2 Å². The summed E-state index contributed by atoms with van der Waals surface area (Å²) in [4.78, 5) is 38.4. The minimum absolute atomic E-state index is 0.309. The third-order valence-electron chi connectivity index (χ3n) is 4.16. The average molecular weight is 422 g/mol. The molecule has 1 N–H and O–H groups in total. The van der Waals surface area contributed by atoms with Gasteiger partial charge in [-0.25, -0.2) is 4.79 Å². The highest BCUT2D eigenvalue weighted by Crippen LogP contribution is 2.29. The van der Waals surface area contributed by atoms with E-state index in [0.29, 0.717) is 16.1 Å². The molecule has 3 rings (SSSR count). The Morgan fingerprint density at radius 2 is 1.72 bits per heavy atom. The molecule has 1 atom stereocenters. The van der Waals surface area contributed by atoms with Gasteiger partial charge in [0, 0.05) is 15.1 Å². The number of Topliss-reactive ketones (excluding diaryl/α,β-unsaturated/α-hetero) is 1. The van der Waals surface area contributed by atoms with Crippen LogP contribution in [-0.4, -0.2) is 29.2 Å². The number of hydrogen-bond acceptors (Lipinski definition) is 3. The lowest BCUT2D eigenvalue weighted by atomic mass is 9.92. The fourth-order valence-electron chi connectivity index (χ4n) is 2.69. The van der Waals surface area contributed by atoms with Crippen LogP contribution in [0.2, 0.25) is 5.02 Å². The van der Waals surface area contributed by atoms with Crippen LogP contribution in [0, 0.1) is 0 Å². The maximum absolute atomic E-state index is 12.8. The Morgan fingerprint density at radius 3 is 2.32 bits per heavy atom. The quantitative estimate of drug-likeness (QED) is 0.604. The monoisotopic (exact) mass is 420 g/mol. The molecule has 0 aromatic heterocycles. The summed E-state index contributed by atoms with van der Waals surface area (Å²) < 4.78 is 0.842. The van der Waals surface area contributed by atoms with E-state index >= 15 is 0 Å². The number of nitrogens with one attached hydrogen (secondary N) is 1. The van der Waals surface area contributed by atoms with Crippen molar-refractivity contribution in [2.24, 2.45) is 0 Å². The molecule has 1 unspecified atom stereocenters. The van der Waals surface area contributed by atoms with Gasteiger partial charge < -0.3 is 5.32 Å². The molecule has 128 valence electrons. The topological polar surface area (TPSA) is 66.5 Å². The second-order valence-corrected chi connectivity index (χ2v) is 7.24. The Kier molecular flexibility index (Phi) is 4.67. The van der Waals surface area contributed by atoms with Gasteiger partial charge >= 0.3 is 6.03 Å². The largest absolute Gasteiger partial charge is 0.325 e. The second-order valence-electron chi connectivity index (χ2n) is 5.88. The lowest BCUT2D eigenvalue weighted by Crippen LogP contribution is -2.41. The zero-order valence-corrected chi connectivity index (χ0v) is 15.6. The number of hydrogen-bond donors (Lipinski definition) is 1. The molecule has 0 spiro atoms. The summed E-state index contributed by atoms with van der Waals surface area (Å²) in [6.07, 6.45) is 0. The van der Waals surface area contributed by atoms with E-state index in [1.807, 2.05) is 0 Å². The summed E-state index contributed by atoms with van der Waals surface area (Å²) in [5.74, 6) is -0.776. The van der Waals surface area contributed by atoms with E-state index in [4.69, 9.17) is 11.6 Å². The van der Waals surface area contributed by atoms with Gasteiger partial charge in [0.25, 0.3) is 5.91 Å². The summed E-state index contributed by atoms with van der Waals surface area (Å²) in [5.41, 5.74) is -0.181. The van der Waals surface area contributed by atoms with Crippen LogP contribution < -0.4 is 5.32 Å². The molecule has 1 aliphatic rings. The number of ketones is 1. The summed E-state index contributed by atoms with van der Waals surface area (Å²) in [7, 11) is 0. The van der Waals surface area contributed by atoms with Gasteiger partial charge in [-0.3, -0.25) is 14.5 Å². The van der Waals surface area contributed by atoms with E-state index in [0.717, 1.165) is 9.37 Å². The molecular formula is C18H14BrClN2O3. The van der Waals surface area contributed by atoms with Gasteiger partial charge in [0.1, 0.15) is 5.54 Å². The molecule has 3 amide bonds. The third kappa shape index (κ3) is 3.32. The Morgan fingerprint density at radius 1 is 1.12 bits per heavy atom. The predicted molar refractivity (Wildman–Crippen MR) is 97.5 cm³/mol. The van der Waals surface area contributed by atoms with Crippen LogP contribution in [0.15, 0.2) is 53.0 Å². The van der Waals surface area contributed by atoms with E-state index in [-0.39, 0.29) is 12.3 Å². The lowest BCUT2D eigenvalue weighted by molar-refractivity contribution is -0.130. The van der Waals surface area contributed by atoms with Crippen molar-refractivity contribution in [3.63, 3.8) is 0 Å². The smallest absolute Gasteiger partial charge is 0.319 e. The molecule has 1 heterocycles. The van der Waals surface area contributed by atoms with E-state index in [1.54, 1.807) is 55.5 Å². The Hall–Kier alpha value is -2.18. The molecule has 2 aromatic rings. The minimum Gasteiger partial charge on any atom is -0.319 e. The number of nitrogens with zero attached hydrogens (tertiary/aromatic N) is 1. The molecule has 1 fully saturated rings. The van der Waals surface area contributed by atoms with Crippen LogP contribution >= 0.6 is 27.5 Å². The maximum atomic E-state index is 12.8. The van der Waals surface area contributed by atoms with Gasteiger partial charge in [-0.05, 0) is 36.8 Å². The van der Waals surface area contributed by atoms with Crippen molar-refractivity contribution >= 4 is 45.3 Å². The highest BCUT2D eigenvalue weighted by molar-refractivity contribution is 9.10. The number of carbonyl (C=O) groups is 3. The van der Waals surface area contributed by atoms with Crippen molar-refractivity contribution < 1.29 is 14.4 Å². The summed E-state index contributed by atoms with van der Waals surface area (Å²) >= 11 is 9.17. The molecule has 1 aliphatic heterocycles. The molecule has 2 aromatic carbocycles. The van der Waals surface area contributed by atoms with Gasteiger partial charge in [0.15, 0.2) is 5.78 Å². The molecular weight excluding hydrogens is 408 g/mol. The van der Waals surface area contributed by atoms with E-state index < -0.39 is 17.5 Å². The fraction of sp³-hybridized carbons (Fsp3) is 0.167. The number of amides is 3. The molecule has 0 saturated carbocycles. The number of imide groups is 1. The Labute approximate surface area is 158 Å². The summed E-state index contributed by atoms with van der Waals surface area (Å²) in [6.45, 7) is 1.30. The normalized spacial score (nSPS) is 19.9. The summed E-state index contributed by atoms with van der Waals surface area (Å²) in [5, 5.41) is 3.20. The number of rotatable bonds is 4. The van der Waals surface area contributed by atoms with Gasteiger partial charge in [-0.2, -0.15) is 0 Å². The highest BCUT2D eigenvalue weighted by Gasteiger charge is 2.49. The maximum Gasteiger partial charge on any atom is 0.325 e. The van der Waals surface area contributed by atoms with E-state index in [9.17, 15) is 14.4 Å². The number of halogens is 2. The van der Waals surface area contributed by atoms with E-state index in [1.165, 1.54) is 0 Å². The molecule has 25 heavy (non-hydrogen) atoms. The summed E-state index contributed by atoms with van der Waals surface area (Å²) in [6, 6.07) is 12.8. The van der Waals surface area contributed by atoms with Gasteiger partial charge in [0.05, 0.1) is 6.54 Å². The first-order valence-corrected chi connectivity index (χ1v) is 8.67. The molecule has 7 heteroatoms. The SMILES string of the molecule is CC1(c2ccc(Cl)cc2)NC(=O)N(CC(=O)c2ccc(Br)cc2)C1=O. The first-order valence-electron chi connectivity index (χ1n) is 7.50. The minimum atomic E-state index is -1.22. The third-order valence-corrected chi connectivity index (χ3v) is 4.95. The molecule has 0 aliphatic carbocycles. The van der Waals surface area contributed by atoms with Crippen LogP contribution in [0.3, 0.4) is 0 Å². The van der Waals surface area contributed by atoms with Crippen molar-refractivity contribution in [2.45, 2.75) is 12.5 Å². The highest BCUT2D eigenvalue weighted by atomic mass is 79.9. The van der Waals surface area contributed by atoms with Crippen LogP contribution in [0.4, 0.5) is 4.79 Å². The Balaban J connectivity index is 1.82. The number of carbonyl (C=O) groups excluding carboxylic acids is 3. The van der Waals surface area contributed by atoms with Crippen molar-refractivity contribution in [3.05, 3.63) is 69.2 Å². The number of urea groups is 1. The van der Waals surface area contributed by atoms with Gasteiger partial charge in [-0.15, -0.1) is 0 Å². The Bertz CT molecular complexity index is 852. The number of benzene rings is 2. The zero-order valence-electron chi connectivity index (χ0n) is 13.3. The van der Waals surface area contributed by atoms with Crippen molar-refractivity contribution in [1.29, 1.82) is 0 Å². The zero-order chi connectivity index (χ0) is 18.2. The molecule has 0 radical (unpaired) electrons. The average Bonchev–Trinajstić information content (AvgIpc) is 2.80. The van der Waals surface area contributed by atoms with Crippen LogP contribution in [0.5, 0.6) is 0 Å². The van der Waals surface area contributed by atoms with E-state index in [2.05, 4.69) is 21.2 Å². The first-order chi connectivity index (χ1) is 11.8. The standard InChI is InChI=1S/C18H14BrClN2O3/c1-18(12-4-8-14(20)9-5-12)16(24)22(17(25)21-18)10-15(23)11-2-6-13(19)7-3-11/h2-9H,10H2,1H3,(H,21,25). The molecule has 1 saturated heterocycles. The first kappa shape index (κ1) is 17.6. The van der Waals surface area contributed by atoms with Crippen LogP contribution in [0.1, 0.15) is 22.8 Å². The van der Waals surface area contributed by atoms with Crippen molar-refractivity contribution in [2.75, 3.05) is 6.54 Å². The van der Waals surface area contributed by atoms with Crippen molar-refractivity contribution in [3.8, 4) is 0 Å². The van der Waals surface area contributed by atoms with Crippen LogP contribution in [0.25, 0.3) is 0 Å². The molecule has 0 bridgehead atoms. The van der Waals surface area contributed by atoms with Gasteiger partial charge in [0.2, 0.25) is 0 Å².